The number of fused-ring (bicyclic) bond motifs is 1. The Bertz CT molecular complexity index is 3390. The summed E-state index contributed by atoms with van der Waals surface area (Å²) >= 11 is 1.85. The van der Waals surface area contributed by atoms with E-state index in [-0.39, 0.29) is 67.6 Å². The highest BCUT2D eigenvalue weighted by molar-refractivity contribution is 14.1. The zero-order chi connectivity index (χ0) is 71.2. The van der Waals surface area contributed by atoms with Crippen LogP contribution in [-0.2, 0) is 83.2 Å². The average molecular weight is 1500 g/mol. The summed E-state index contributed by atoms with van der Waals surface area (Å²) in [4.78, 5) is 187. The van der Waals surface area contributed by atoms with Crippen LogP contribution in [0.15, 0.2) is 73.4 Å². The first-order valence-electron chi connectivity index (χ1n) is 31.9. The Morgan fingerprint density at radius 3 is 2.02 bits per heavy atom. The topological polar surface area (TPSA) is 460 Å². The predicted octanol–water partition coefficient (Wildman–Crippen LogP) is 0.168. The second-order valence-electron chi connectivity index (χ2n) is 25.2. The number of amides is 11. The van der Waals surface area contributed by atoms with Gasteiger partial charge in [-0.1, -0.05) is 113 Å². The molecule has 3 unspecified atom stereocenters. The standard InChI is InChI=1S/C64H88IN15O15S2/c1-8-34(6)53(63(94)71-41(54(66)85)18-32(2)3)79-60(91)44(23-38-27-67-31-70-38)74-61(92)47-29-96-97-30-48(78-58(89)45(25-51-68-16-17-69-51)72-55(86)35(7)20-36-12-10-9-11-13-36)64(95)80-28-39(81)24-49(80)62(93)76-43(22-37-14-15-50(82)40(65)21-37)57(88)75-46(26-52(83)84)59(90)73-42(19-33(4)5)56(87)77-47/h9-17,21,27,31-35,39,41-49,53,81-82H,8,18-20,22-26,28-30H2,1-7H3,(H2,66,85)(H,67,70)(H,68,69)(H,71,94)(H,72,86)(H,73,90)(H,74,92)(H,75,88)(H,76,93)(H,77,87)(H,78,89)(H,79,91)(H,83,84)/t34?,35-,39?,41-,42-,43-,44-,45-,46-,47?,48-,49-,53-/m0/s1. The van der Waals surface area contributed by atoms with E-state index in [4.69, 9.17) is 5.73 Å². The number of rotatable bonds is 27. The number of phenolic OH excluding ortho intramolecular Hbond substituents is 1. The molecule has 2 aromatic heterocycles. The highest BCUT2D eigenvalue weighted by Crippen LogP contribution is 2.28. The Balaban J connectivity index is 1.42. The molecular formula is C64H88IN15O15S2. The third-order valence-corrected chi connectivity index (χ3v) is 19.6. The SMILES string of the molecule is CCC(C)[C@H](NC(=O)[C@H](Cc1cnc[nH]1)NC(=O)C1CSSC[C@H](NC(=O)[C@H](Cc2ncc[nH]2)NC(=O)[C@@H](C)Cc2ccccc2)C(=O)N2CC(O)C[C@H]2C(=O)N[C@@H](Cc2ccc(O)c(I)c2)C(=O)N[C@@H](CC(=O)O)C(=O)N[C@@H](CC(C)C)C(=O)N1)C(=O)N[C@@H](CC(C)C)C(N)=O. The molecule has 11 amide bonds. The van der Waals surface area contributed by atoms with Crippen LogP contribution in [0.25, 0.3) is 0 Å². The Labute approximate surface area is 583 Å². The van der Waals surface area contributed by atoms with Gasteiger partial charge in [0.1, 0.15) is 72.0 Å². The second-order valence-corrected chi connectivity index (χ2v) is 28.9. The fourth-order valence-corrected chi connectivity index (χ4v) is 13.8. The minimum atomic E-state index is -1.92. The van der Waals surface area contributed by atoms with Gasteiger partial charge >= 0.3 is 5.97 Å². The smallest absolute Gasteiger partial charge is 0.305 e. The largest absolute Gasteiger partial charge is 0.507 e. The summed E-state index contributed by atoms with van der Waals surface area (Å²) in [6, 6.07) is -1.64. The Morgan fingerprint density at radius 2 is 1.39 bits per heavy atom. The summed E-state index contributed by atoms with van der Waals surface area (Å²) in [6.45, 7) is 11.8. The molecule has 6 rings (SSSR count). The maximum Gasteiger partial charge on any atom is 0.305 e. The number of aromatic hydroxyl groups is 1. The van der Waals surface area contributed by atoms with E-state index in [9.17, 15) is 63.3 Å². The Morgan fingerprint density at radius 1 is 0.732 bits per heavy atom. The number of halogens is 1. The molecule has 97 heavy (non-hydrogen) atoms. The number of carboxylic acid groups (broad SMARTS) is 1. The van der Waals surface area contributed by atoms with Crippen LogP contribution in [0.4, 0.5) is 0 Å². The molecule has 0 aliphatic carbocycles. The van der Waals surface area contributed by atoms with Crippen molar-refractivity contribution >= 4 is 115 Å². The lowest BCUT2D eigenvalue weighted by Crippen LogP contribution is -2.62. The first-order chi connectivity index (χ1) is 46.0. The van der Waals surface area contributed by atoms with Crippen LogP contribution in [0, 0.1) is 27.2 Å². The molecule has 13 atom stereocenters. The van der Waals surface area contributed by atoms with Gasteiger partial charge in [0.05, 0.1) is 22.4 Å². The van der Waals surface area contributed by atoms with Gasteiger partial charge < -0.3 is 83.8 Å². The van der Waals surface area contributed by atoms with Crippen molar-refractivity contribution < 1.29 is 72.9 Å². The minimum Gasteiger partial charge on any atom is -0.507 e. The summed E-state index contributed by atoms with van der Waals surface area (Å²) in [6.07, 6.45) is 2.88. The van der Waals surface area contributed by atoms with Crippen molar-refractivity contribution in [1.82, 2.24) is 72.7 Å². The van der Waals surface area contributed by atoms with E-state index < -0.39 is 162 Å². The number of aliphatic hydroxyl groups excluding tert-OH is 1. The third kappa shape index (κ3) is 24.0. The molecule has 0 saturated carbocycles. The number of nitrogens with zero attached hydrogens (tertiary/aromatic N) is 3. The number of carboxylic acids is 1. The quantitative estimate of drug-likeness (QED) is 0.0279. The van der Waals surface area contributed by atoms with Crippen molar-refractivity contribution in [3.8, 4) is 5.75 Å². The maximum atomic E-state index is 15.3. The van der Waals surface area contributed by atoms with Gasteiger partial charge in [-0.2, -0.15) is 0 Å². The number of carbonyl (C=O) groups excluding carboxylic acids is 11. The molecule has 4 aromatic rings. The number of nitrogens with two attached hydrogens (primary N) is 1. The van der Waals surface area contributed by atoms with Gasteiger partial charge in [0.25, 0.3) is 0 Å². The summed E-state index contributed by atoms with van der Waals surface area (Å²) in [7, 11) is 1.83. The molecule has 2 aliphatic heterocycles. The van der Waals surface area contributed by atoms with Crippen LogP contribution in [0.1, 0.15) is 103 Å². The first kappa shape index (κ1) is 77.7. The van der Waals surface area contributed by atoms with Gasteiger partial charge in [-0.25, -0.2) is 9.97 Å². The van der Waals surface area contributed by atoms with Crippen molar-refractivity contribution in [1.29, 1.82) is 0 Å². The molecule has 2 saturated heterocycles. The number of primary amides is 1. The molecule has 2 aliphatic rings. The van der Waals surface area contributed by atoms with Crippen molar-refractivity contribution in [3.05, 3.63) is 99.7 Å². The van der Waals surface area contributed by atoms with Crippen molar-refractivity contribution in [3.63, 3.8) is 0 Å². The summed E-state index contributed by atoms with van der Waals surface area (Å²) < 4.78 is 0.351. The number of hydrogen-bond acceptors (Lipinski definition) is 18. The number of benzene rings is 2. The lowest BCUT2D eigenvalue weighted by Gasteiger charge is -2.31. The van der Waals surface area contributed by atoms with E-state index in [0.29, 0.717) is 33.5 Å². The predicted molar refractivity (Wildman–Crippen MR) is 367 cm³/mol. The van der Waals surface area contributed by atoms with Gasteiger partial charge in [-0.3, -0.25) is 57.5 Å². The number of aliphatic hydroxyl groups is 1. The van der Waals surface area contributed by atoms with Gasteiger partial charge in [0, 0.05) is 73.9 Å². The Kier molecular flexibility index (Phi) is 30.0. The number of hydrogen-bond donors (Lipinski definition) is 15. The number of imidazole rings is 2. The Hall–Kier alpha value is -8.31. The summed E-state index contributed by atoms with van der Waals surface area (Å²) in [5.41, 5.74) is 7.24. The van der Waals surface area contributed by atoms with Gasteiger partial charge in [-0.15, -0.1) is 0 Å². The van der Waals surface area contributed by atoms with Crippen molar-refractivity contribution in [2.75, 3.05) is 18.1 Å². The molecule has 0 radical (unpaired) electrons. The monoisotopic (exact) mass is 1500 g/mol. The number of phenols is 1. The molecule has 16 N–H and O–H groups in total. The molecule has 30 nitrogen and oxygen atoms in total. The van der Waals surface area contributed by atoms with Crippen LogP contribution < -0.4 is 53.6 Å². The lowest BCUT2D eigenvalue weighted by atomic mass is 9.96. The van der Waals surface area contributed by atoms with E-state index >= 15 is 9.59 Å². The molecule has 0 spiro atoms. The van der Waals surface area contributed by atoms with Crippen LogP contribution in [0.3, 0.4) is 0 Å². The second kappa shape index (κ2) is 37.4. The number of nitrogens with one attached hydrogen (secondary N) is 11. The zero-order valence-electron chi connectivity index (χ0n) is 54.9. The first-order valence-corrected chi connectivity index (χ1v) is 35.5. The number of aliphatic carboxylic acids is 1. The van der Waals surface area contributed by atoms with Crippen LogP contribution in [0.5, 0.6) is 5.75 Å². The average Bonchev–Trinajstić information content (AvgIpc) is 1.71. The molecule has 2 fully saturated rings. The van der Waals surface area contributed by atoms with Gasteiger partial charge in [-0.05, 0) is 82.9 Å². The van der Waals surface area contributed by atoms with E-state index in [0.717, 1.165) is 32.1 Å². The van der Waals surface area contributed by atoms with E-state index in [1.54, 1.807) is 34.6 Å². The molecule has 4 heterocycles. The van der Waals surface area contributed by atoms with E-state index in [1.165, 1.54) is 43.1 Å². The highest BCUT2D eigenvalue weighted by Gasteiger charge is 2.44. The van der Waals surface area contributed by atoms with E-state index in [2.05, 4.69) is 67.8 Å². The summed E-state index contributed by atoms with van der Waals surface area (Å²) in [5, 5.41) is 55.8. The molecule has 0 bridgehead atoms. The van der Waals surface area contributed by atoms with Gasteiger partial charge in [0.2, 0.25) is 65.0 Å². The maximum absolute atomic E-state index is 15.3. The number of H-pyrrole nitrogens is 2. The minimum absolute atomic E-state index is 0.0592. The van der Waals surface area contributed by atoms with Gasteiger partial charge in [0.15, 0.2) is 0 Å². The third-order valence-electron chi connectivity index (χ3n) is 16.3. The number of aromatic amines is 2. The molecule has 2 aromatic carbocycles. The van der Waals surface area contributed by atoms with Crippen LogP contribution in [0.2, 0.25) is 0 Å². The lowest BCUT2D eigenvalue weighted by molar-refractivity contribution is -0.142. The fourth-order valence-electron chi connectivity index (χ4n) is 10.9. The number of aromatic nitrogens is 4. The van der Waals surface area contributed by atoms with Crippen LogP contribution >= 0.6 is 44.2 Å². The molecule has 33 heteroatoms. The molecule has 528 valence electrons. The van der Waals surface area contributed by atoms with Crippen molar-refractivity contribution in [2.45, 2.75) is 173 Å². The summed E-state index contributed by atoms with van der Waals surface area (Å²) in [5.74, 6) is -13.6. The van der Waals surface area contributed by atoms with Crippen molar-refractivity contribution in [2.24, 2.45) is 29.4 Å². The fraction of sp³-hybridized carbons (Fsp3) is 0.531. The van der Waals surface area contributed by atoms with Crippen LogP contribution in [-0.4, -0.2) is 196 Å². The highest BCUT2D eigenvalue weighted by atomic mass is 127. The normalized spacial score (nSPS) is 21.8. The molecular weight excluding hydrogens is 1410 g/mol. The van der Waals surface area contributed by atoms with E-state index in [1.807, 2.05) is 66.8 Å². The number of carbonyl (C=O) groups is 12. The zero-order valence-corrected chi connectivity index (χ0v) is 58.7.